The minimum Gasteiger partial charge on any atom is -0.352 e. The minimum absolute atomic E-state index is 0.0270. The molecule has 0 spiro atoms. The first kappa shape index (κ1) is 12.8. The normalized spacial score (nSPS) is 13.2. The second-order valence-electron chi connectivity index (χ2n) is 4.90. The van der Waals surface area contributed by atoms with E-state index < -0.39 is 0 Å². The van der Waals surface area contributed by atoms with Crippen LogP contribution in [0.15, 0.2) is 30.6 Å². The maximum absolute atomic E-state index is 11.8. The monoisotopic (exact) mass is 271 g/mol. The summed E-state index contributed by atoms with van der Waals surface area (Å²) in [6, 6.07) is 6.36. The molecule has 0 aliphatic carbocycles. The first-order valence-corrected chi connectivity index (χ1v) is 6.73. The van der Waals surface area contributed by atoms with Crippen molar-refractivity contribution in [1.82, 2.24) is 25.6 Å². The molecule has 0 saturated carbocycles. The van der Waals surface area contributed by atoms with Gasteiger partial charge in [0.1, 0.15) is 0 Å². The molecule has 0 saturated heterocycles. The number of carbonyl (C=O) groups is 1. The first-order valence-electron chi connectivity index (χ1n) is 6.73. The molecule has 1 amide bonds. The third-order valence-electron chi connectivity index (χ3n) is 3.43. The summed E-state index contributed by atoms with van der Waals surface area (Å²) < 4.78 is 1.65. The molecule has 2 aromatic rings. The van der Waals surface area contributed by atoms with Crippen LogP contribution in [0.1, 0.15) is 23.1 Å². The molecule has 1 aliphatic rings. The highest BCUT2D eigenvalue weighted by Crippen LogP contribution is 2.16. The summed E-state index contributed by atoms with van der Waals surface area (Å²) in [5.74, 6) is 0.0270. The summed E-state index contributed by atoms with van der Waals surface area (Å²) >= 11 is 0. The molecule has 6 nitrogen and oxygen atoms in total. The van der Waals surface area contributed by atoms with Gasteiger partial charge in [-0.3, -0.25) is 9.48 Å². The van der Waals surface area contributed by atoms with Crippen molar-refractivity contribution in [2.75, 3.05) is 0 Å². The Balaban J connectivity index is 1.48. The molecule has 1 aromatic carbocycles. The highest BCUT2D eigenvalue weighted by molar-refractivity contribution is 5.75. The zero-order valence-corrected chi connectivity index (χ0v) is 11.2. The van der Waals surface area contributed by atoms with Crippen molar-refractivity contribution < 1.29 is 4.79 Å². The number of carbonyl (C=O) groups excluding carboxylic acids is 1. The molecule has 0 fully saturated rings. The number of amides is 1. The van der Waals surface area contributed by atoms with Gasteiger partial charge in [-0.25, -0.2) is 0 Å². The van der Waals surface area contributed by atoms with E-state index in [0.29, 0.717) is 19.5 Å². The highest BCUT2D eigenvalue weighted by Gasteiger charge is 2.10. The lowest BCUT2D eigenvalue weighted by molar-refractivity contribution is -0.121. The smallest absolute Gasteiger partial charge is 0.222 e. The Morgan fingerprint density at radius 2 is 2.25 bits per heavy atom. The van der Waals surface area contributed by atoms with Crippen LogP contribution in [-0.4, -0.2) is 20.9 Å². The number of aromatic nitrogens is 3. The van der Waals surface area contributed by atoms with Crippen molar-refractivity contribution in [2.45, 2.75) is 32.6 Å². The molecule has 0 unspecified atom stereocenters. The second-order valence-corrected chi connectivity index (χ2v) is 4.90. The van der Waals surface area contributed by atoms with Crippen molar-refractivity contribution in [3.05, 3.63) is 47.3 Å². The van der Waals surface area contributed by atoms with Gasteiger partial charge in [0.15, 0.2) is 0 Å². The van der Waals surface area contributed by atoms with Gasteiger partial charge in [0, 0.05) is 32.3 Å². The lowest BCUT2D eigenvalue weighted by Crippen LogP contribution is -2.24. The zero-order chi connectivity index (χ0) is 13.8. The molecule has 3 rings (SSSR count). The average Bonchev–Trinajstić information content (AvgIpc) is 3.13. The third-order valence-corrected chi connectivity index (χ3v) is 3.43. The van der Waals surface area contributed by atoms with Gasteiger partial charge in [-0.15, -0.1) is 5.10 Å². The number of hydrogen-bond acceptors (Lipinski definition) is 4. The van der Waals surface area contributed by atoms with Crippen LogP contribution < -0.4 is 10.6 Å². The van der Waals surface area contributed by atoms with E-state index in [1.165, 1.54) is 11.1 Å². The fraction of sp³-hybridized carbons (Fsp3) is 0.357. The molecule has 0 radical (unpaired) electrons. The lowest BCUT2D eigenvalue weighted by atomic mass is 10.1. The van der Waals surface area contributed by atoms with Crippen molar-refractivity contribution in [2.24, 2.45) is 0 Å². The summed E-state index contributed by atoms with van der Waals surface area (Å²) in [6.07, 6.45) is 3.77. The summed E-state index contributed by atoms with van der Waals surface area (Å²) in [4.78, 5) is 11.8. The highest BCUT2D eigenvalue weighted by atomic mass is 16.1. The van der Waals surface area contributed by atoms with E-state index in [2.05, 4.69) is 39.1 Å². The van der Waals surface area contributed by atoms with E-state index in [-0.39, 0.29) is 5.91 Å². The van der Waals surface area contributed by atoms with E-state index in [0.717, 1.165) is 18.7 Å². The maximum Gasteiger partial charge on any atom is 0.222 e. The molecular formula is C14H17N5O. The number of fused-ring (bicyclic) bond motifs is 1. The number of aryl methyl sites for hydroxylation is 1. The van der Waals surface area contributed by atoms with Crippen molar-refractivity contribution in [3.8, 4) is 0 Å². The summed E-state index contributed by atoms with van der Waals surface area (Å²) in [6.45, 7) is 2.99. The molecule has 104 valence electrons. The van der Waals surface area contributed by atoms with Crippen LogP contribution in [0.25, 0.3) is 0 Å². The zero-order valence-electron chi connectivity index (χ0n) is 11.2. The Bertz CT molecular complexity index is 594. The van der Waals surface area contributed by atoms with Crippen molar-refractivity contribution in [1.29, 1.82) is 0 Å². The van der Waals surface area contributed by atoms with Crippen LogP contribution in [0.2, 0.25) is 0 Å². The Kier molecular flexibility index (Phi) is 3.73. The largest absolute Gasteiger partial charge is 0.352 e. The van der Waals surface area contributed by atoms with Crippen LogP contribution in [-0.2, 0) is 31.0 Å². The predicted octanol–water partition coefficient (Wildman–Crippen LogP) is 0.588. The SMILES string of the molecule is O=C(CCn1ccnn1)NCc1ccc2c(c1)CNC2. The van der Waals surface area contributed by atoms with Gasteiger partial charge in [-0.2, -0.15) is 0 Å². The molecular weight excluding hydrogens is 254 g/mol. The number of rotatable bonds is 5. The quantitative estimate of drug-likeness (QED) is 0.835. The van der Waals surface area contributed by atoms with Crippen LogP contribution in [0.3, 0.4) is 0 Å². The Labute approximate surface area is 117 Å². The number of benzene rings is 1. The van der Waals surface area contributed by atoms with Crippen LogP contribution in [0.5, 0.6) is 0 Å². The van der Waals surface area contributed by atoms with Gasteiger partial charge in [0.25, 0.3) is 0 Å². The standard InChI is InChI=1S/C14H17N5O/c20-14(3-5-19-6-4-17-18-19)16-8-11-1-2-12-9-15-10-13(12)7-11/h1-2,4,6-7,15H,3,5,8-10H2,(H,16,20). The topological polar surface area (TPSA) is 71.8 Å². The average molecular weight is 271 g/mol. The fourth-order valence-electron chi connectivity index (χ4n) is 2.32. The molecule has 20 heavy (non-hydrogen) atoms. The van der Waals surface area contributed by atoms with E-state index in [9.17, 15) is 4.79 Å². The minimum atomic E-state index is 0.0270. The molecule has 1 aromatic heterocycles. The molecule has 6 heteroatoms. The number of nitrogens with zero attached hydrogens (tertiary/aromatic N) is 3. The van der Waals surface area contributed by atoms with E-state index in [1.54, 1.807) is 17.1 Å². The molecule has 0 atom stereocenters. The first-order chi connectivity index (χ1) is 9.81. The number of nitrogens with one attached hydrogen (secondary N) is 2. The summed E-state index contributed by atoms with van der Waals surface area (Å²) in [5.41, 5.74) is 3.83. The van der Waals surface area contributed by atoms with Crippen molar-refractivity contribution >= 4 is 5.91 Å². The van der Waals surface area contributed by atoms with Crippen LogP contribution in [0, 0.1) is 0 Å². The van der Waals surface area contributed by atoms with Gasteiger partial charge >= 0.3 is 0 Å². The van der Waals surface area contributed by atoms with E-state index in [1.807, 2.05) is 0 Å². The molecule has 2 heterocycles. The van der Waals surface area contributed by atoms with E-state index >= 15 is 0 Å². The third kappa shape index (κ3) is 3.03. The Morgan fingerprint density at radius 1 is 1.35 bits per heavy atom. The molecule has 1 aliphatic heterocycles. The van der Waals surface area contributed by atoms with Gasteiger partial charge in [0.2, 0.25) is 5.91 Å². The molecule has 0 bridgehead atoms. The fourth-order valence-corrected chi connectivity index (χ4v) is 2.32. The van der Waals surface area contributed by atoms with E-state index in [4.69, 9.17) is 0 Å². The number of hydrogen-bond donors (Lipinski definition) is 2. The van der Waals surface area contributed by atoms with Crippen LogP contribution >= 0.6 is 0 Å². The molecule has 2 N–H and O–H groups in total. The second kappa shape index (κ2) is 5.83. The van der Waals surface area contributed by atoms with Gasteiger partial charge < -0.3 is 10.6 Å². The van der Waals surface area contributed by atoms with Gasteiger partial charge in [-0.1, -0.05) is 23.4 Å². The Hall–Kier alpha value is -2.21. The van der Waals surface area contributed by atoms with Crippen LogP contribution in [0.4, 0.5) is 0 Å². The van der Waals surface area contributed by atoms with Gasteiger partial charge in [-0.05, 0) is 16.7 Å². The van der Waals surface area contributed by atoms with Crippen molar-refractivity contribution in [3.63, 3.8) is 0 Å². The summed E-state index contributed by atoms with van der Waals surface area (Å²) in [7, 11) is 0. The Morgan fingerprint density at radius 3 is 3.10 bits per heavy atom. The summed E-state index contributed by atoms with van der Waals surface area (Å²) in [5, 5.41) is 13.8. The lowest BCUT2D eigenvalue weighted by Gasteiger charge is -2.07. The van der Waals surface area contributed by atoms with Gasteiger partial charge in [0.05, 0.1) is 12.7 Å². The maximum atomic E-state index is 11.8. The predicted molar refractivity (Wildman–Crippen MR) is 73.5 cm³/mol.